The molecule has 1 aromatic carbocycles. The second-order valence-electron chi connectivity index (χ2n) is 4.12. The molecule has 0 atom stereocenters. The maximum Gasteiger partial charge on any atom is 0.433 e. The second kappa shape index (κ2) is 5.63. The van der Waals surface area contributed by atoms with E-state index in [1.165, 1.54) is 0 Å². The predicted octanol–water partition coefficient (Wildman–Crippen LogP) is 4.18. The normalized spacial score (nSPS) is 11.4. The Morgan fingerprint density at radius 3 is 2.30 bits per heavy atom. The van der Waals surface area contributed by atoms with Crippen LogP contribution in [-0.4, -0.2) is 10.8 Å². The number of aromatic nitrogens is 1. The second-order valence-corrected chi connectivity index (χ2v) is 4.48. The lowest BCUT2D eigenvalue weighted by molar-refractivity contribution is -0.141. The van der Waals surface area contributed by atoms with Crippen LogP contribution in [0.1, 0.15) is 21.6 Å². The first-order valence-corrected chi connectivity index (χ1v) is 6.06. The number of carbonyl (C=O) groups excluding carboxylic acids is 1. The molecule has 104 valence electrons. The summed E-state index contributed by atoms with van der Waals surface area (Å²) in [7, 11) is 0. The van der Waals surface area contributed by atoms with Crippen LogP contribution < -0.4 is 0 Å². The molecule has 0 radical (unpaired) electrons. The fourth-order valence-corrected chi connectivity index (χ4v) is 1.94. The Labute approximate surface area is 118 Å². The molecule has 0 bridgehead atoms. The highest BCUT2D eigenvalue weighted by Crippen LogP contribution is 2.29. The first-order valence-electron chi connectivity index (χ1n) is 5.69. The van der Waals surface area contributed by atoms with Crippen LogP contribution >= 0.6 is 11.6 Å². The van der Waals surface area contributed by atoms with Crippen LogP contribution in [0.25, 0.3) is 0 Å². The summed E-state index contributed by atoms with van der Waals surface area (Å²) in [5.41, 5.74) is -0.365. The molecule has 2 rings (SSSR count). The molecular formula is C14H9ClF3NO. The van der Waals surface area contributed by atoms with E-state index < -0.39 is 17.0 Å². The van der Waals surface area contributed by atoms with Gasteiger partial charge in [0.2, 0.25) is 0 Å². The van der Waals surface area contributed by atoms with Gasteiger partial charge >= 0.3 is 6.18 Å². The first kappa shape index (κ1) is 14.5. The zero-order valence-corrected chi connectivity index (χ0v) is 10.9. The van der Waals surface area contributed by atoms with Gasteiger partial charge in [0.25, 0.3) is 0 Å². The van der Waals surface area contributed by atoms with Crippen LogP contribution in [0.15, 0.2) is 42.5 Å². The largest absolute Gasteiger partial charge is 0.433 e. The summed E-state index contributed by atoms with van der Waals surface area (Å²) >= 11 is 5.66. The van der Waals surface area contributed by atoms with Crippen molar-refractivity contribution in [3.8, 4) is 0 Å². The number of nitrogens with zero attached hydrogens (tertiary/aromatic N) is 1. The molecule has 0 aliphatic rings. The Morgan fingerprint density at radius 1 is 1.10 bits per heavy atom. The molecular weight excluding hydrogens is 291 g/mol. The summed E-state index contributed by atoms with van der Waals surface area (Å²) in [5.74, 6) is -0.373. The molecule has 6 heteroatoms. The Bertz CT molecular complexity index is 626. The highest BCUT2D eigenvalue weighted by atomic mass is 35.5. The van der Waals surface area contributed by atoms with Crippen molar-refractivity contribution < 1.29 is 18.0 Å². The van der Waals surface area contributed by atoms with E-state index in [1.807, 2.05) is 0 Å². The van der Waals surface area contributed by atoms with E-state index in [2.05, 4.69) is 4.98 Å². The monoisotopic (exact) mass is 299 g/mol. The van der Waals surface area contributed by atoms with Gasteiger partial charge in [-0.3, -0.25) is 4.79 Å². The number of pyridine rings is 1. The Morgan fingerprint density at radius 2 is 1.75 bits per heavy atom. The first-order chi connectivity index (χ1) is 9.38. The van der Waals surface area contributed by atoms with Gasteiger partial charge < -0.3 is 0 Å². The lowest BCUT2D eigenvalue weighted by atomic mass is 10.0. The van der Waals surface area contributed by atoms with Crippen molar-refractivity contribution in [2.75, 3.05) is 0 Å². The third kappa shape index (κ3) is 3.36. The minimum atomic E-state index is -4.58. The third-order valence-corrected chi connectivity index (χ3v) is 2.94. The molecule has 1 heterocycles. The number of halogens is 4. The molecule has 2 aromatic rings. The summed E-state index contributed by atoms with van der Waals surface area (Å²) < 4.78 is 37.3. The van der Waals surface area contributed by atoms with Crippen LogP contribution in [0.3, 0.4) is 0 Å². The van der Waals surface area contributed by atoms with Gasteiger partial charge in [0.05, 0.1) is 5.56 Å². The Kier molecular flexibility index (Phi) is 4.09. The van der Waals surface area contributed by atoms with Crippen LogP contribution in [-0.2, 0) is 12.6 Å². The minimum absolute atomic E-state index is 0.0106. The van der Waals surface area contributed by atoms with Crippen LogP contribution in [0.2, 0.25) is 5.15 Å². The van der Waals surface area contributed by atoms with Gasteiger partial charge in [0, 0.05) is 6.42 Å². The highest BCUT2D eigenvalue weighted by Gasteiger charge is 2.33. The molecule has 1 aromatic heterocycles. The van der Waals surface area contributed by atoms with Gasteiger partial charge in [-0.2, -0.15) is 13.2 Å². The van der Waals surface area contributed by atoms with Crippen LogP contribution in [0.5, 0.6) is 0 Å². The van der Waals surface area contributed by atoms with E-state index in [0.717, 1.165) is 17.7 Å². The summed E-state index contributed by atoms with van der Waals surface area (Å²) in [4.78, 5) is 15.2. The van der Waals surface area contributed by atoms with Gasteiger partial charge in [-0.25, -0.2) is 4.98 Å². The summed E-state index contributed by atoms with van der Waals surface area (Å²) in [6.45, 7) is 0. The number of alkyl halides is 3. The molecule has 2 nitrogen and oxygen atoms in total. The smallest absolute Gasteiger partial charge is 0.294 e. The summed E-state index contributed by atoms with van der Waals surface area (Å²) in [6, 6.07) is 10.7. The van der Waals surface area contributed by atoms with Crippen molar-refractivity contribution in [3.05, 3.63) is 64.4 Å². The summed E-state index contributed by atoms with van der Waals surface area (Å²) in [6.07, 6.45) is -4.52. The van der Waals surface area contributed by atoms with E-state index in [1.54, 1.807) is 30.3 Å². The van der Waals surface area contributed by atoms with Gasteiger partial charge in [0.1, 0.15) is 10.8 Å². The summed E-state index contributed by atoms with van der Waals surface area (Å²) in [5, 5.41) is -0.430. The van der Waals surface area contributed by atoms with Crippen molar-refractivity contribution in [1.82, 2.24) is 4.98 Å². The molecule has 0 amide bonds. The van der Waals surface area contributed by atoms with E-state index in [0.29, 0.717) is 0 Å². The average Bonchev–Trinajstić information content (AvgIpc) is 2.38. The van der Waals surface area contributed by atoms with E-state index in [-0.39, 0.29) is 17.8 Å². The highest BCUT2D eigenvalue weighted by molar-refractivity contribution is 6.32. The predicted molar refractivity (Wildman–Crippen MR) is 68.7 cm³/mol. The average molecular weight is 300 g/mol. The van der Waals surface area contributed by atoms with Crippen molar-refractivity contribution in [2.45, 2.75) is 12.6 Å². The van der Waals surface area contributed by atoms with Gasteiger partial charge in [-0.1, -0.05) is 41.9 Å². The number of hydrogen-bond acceptors (Lipinski definition) is 2. The number of carbonyl (C=O) groups is 1. The molecule has 0 aliphatic carbocycles. The number of hydrogen-bond donors (Lipinski definition) is 0. The molecule has 0 saturated heterocycles. The van der Waals surface area contributed by atoms with Crippen molar-refractivity contribution in [1.29, 1.82) is 0 Å². The number of Topliss-reactive ketones (excluding diaryl/α,β-unsaturated/α-hetero) is 1. The van der Waals surface area contributed by atoms with E-state index in [9.17, 15) is 18.0 Å². The SMILES string of the molecule is O=C(Cc1ccccc1)c1ccc(C(F)(F)F)nc1Cl. The van der Waals surface area contributed by atoms with Crippen LogP contribution in [0, 0.1) is 0 Å². The molecule has 20 heavy (non-hydrogen) atoms. The van der Waals surface area contributed by atoms with Crippen molar-refractivity contribution in [2.24, 2.45) is 0 Å². The third-order valence-electron chi connectivity index (χ3n) is 2.65. The van der Waals surface area contributed by atoms with Crippen LogP contribution in [0.4, 0.5) is 13.2 Å². The molecule has 0 aliphatic heterocycles. The van der Waals surface area contributed by atoms with Gasteiger partial charge in [0.15, 0.2) is 5.78 Å². The zero-order chi connectivity index (χ0) is 14.8. The van der Waals surface area contributed by atoms with Gasteiger partial charge in [-0.15, -0.1) is 0 Å². The lowest BCUT2D eigenvalue weighted by Crippen LogP contribution is -2.11. The number of ketones is 1. The lowest BCUT2D eigenvalue weighted by Gasteiger charge is -2.08. The Balaban J connectivity index is 2.23. The molecule has 0 spiro atoms. The maximum atomic E-state index is 12.4. The number of rotatable bonds is 3. The maximum absolute atomic E-state index is 12.4. The van der Waals surface area contributed by atoms with Gasteiger partial charge in [-0.05, 0) is 17.7 Å². The van der Waals surface area contributed by atoms with Crippen molar-refractivity contribution in [3.63, 3.8) is 0 Å². The standard InChI is InChI=1S/C14H9ClF3NO/c15-13-10(6-7-12(19-13)14(16,17)18)11(20)8-9-4-2-1-3-5-9/h1-7H,8H2. The molecule has 0 unspecified atom stereocenters. The fourth-order valence-electron chi connectivity index (χ4n) is 1.68. The Hall–Kier alpha value is -1.88. The number of benzene rings is 1. The quantitative estimate of drug-likeness (QED) is 0.628. The molecule has 0 saturated carbocycles. The topological polar surface area (TPSA) is 30.0 Å². The van der Waals surface area contributed by atoms with E-state index >= 15 is 0 Å². The molecule has 0 fully saturated rings. The minimum Gasteiger partial charge on any atom is -0.294 e. The molecule has 0 N–H and O–H groups in total. The fraction of sp³-hybridized carbons (Fsp3) is 0.143. The zero-order valence-electron chi connectivity index (χ0n) is 10.1. The van der Waals surface area contributed by atoms with E-state index in [4.69, 9.17) is 11.6 Å². The van der Waals surface area contributed by atoms with Crippen molar-refractivity contribution >= 4 is 17.4 Å².